The van der Waals surface area contributed by atoms with Crippen LogP contribution in [0, 0.1) is 5.41 Å². The Bertz CT molecular complexity index is 134. The van der Waals surface area contributed by atoms with Gasteiger partial charge in [0, 0.05) is 12.1 Å². The second-order valence-electron chi connectivity index (χ2n) is 2.31. The first-order valence-corrected chi connectivity index (χ1v) is 3.82. The Hall–Kier alpha value is -0.370. The molecule has 0 aliphatic carbocycles. The van der Waals surface area contributed by atoms with E-state index in [1.165, 1.54) is 0 Å². The summed E-state index contributed by atoms with van der Waals surface area (Å²) in [7, 11) is 0. The number of halogens is 1. The standard InChI is InChI=1S/C7H12ClNO/c1-6(9)3-2-4-7(10)5-8/h9H,2-5H2,1H3. The van der Waals surface area contributed by atoms with Gasteiger partial charge in [0.05, 0.1) is 5.88 Å². The van der Waals surface area contributed by atoms with Crippen LogP contribution in [0.1, 0.15) is 26.2 Å². The molecular formula is C7H12ClNO. The van der Waals surface area contributed by atoms with Gasteiger partial charge in [0.15, 0.2) is 0 Å². The molecule has 0 aromatic rings. The average Bonchev–Trinajstić information content (AvgIpc) is 1.87. The largest absolute Gasteiger partial charge is 0.310 e. The van der Waals surface area contributed by atoms with Gasteiger partial charge >= 0.3 is 0 Å². The SMILES string of the molecule is CC(=N)CCCC(=O)CCl. The lowest BCUT2D eigenvalue weighted by atomic mass is 10.1. The van der Waals surface area contributed by atoms with Gasteiger partial charge in [-0.25, -0.2) is 0 Å². The summed E-state index contributed by atoms with van der Waals surface area (Å²) >= 11 is 5.26. The van der Waals surface area contributed by atoms with Crippen LogP contribution in [0.3, 0.4) is 0 Å². The number of carbonyl (C=O) groups is 1. The van der Waals surface area contributed by atoms with Gasteiger partial charge < -0.3 is 5.41 Å². The number of nitrogens with one attached hydrogen (secondary N) is 1. The van der Waals surface area contributed by atoms with Crippen molar-refractivity contribution >= 4 is 23.1 Å². The Morgan fingerprint density at radius 3 is 2.50 bits per heavy atom. The van der Waals surface area contributed by atoms with E-state index < -0.39 is 0 Å². The topological polar surface area (TPSA) is 40.9 Å². The minimum absolute atomic E-state index is 0.0721. The van der Waals surface area contributed by atoms with Crippen LogP contribution in [0.2, 0.25) is 0 Å². The lowest BCUT2D eigenvalue weighted by molar-refractivity contribution is -0.116. The van der Waals surface area contributed by atoms with Gasteiger partial charge in [-0.05, 0) is 19.8 Å². The van der Waals surface area contributed by atoms with E-state index >= 15 is 0 Å². The van der Waals surface area contributed by atoms with Crippen LogP contribution < -0.4 is 0 Å². The van der Waals surface area contributed by atoms with Gasteiger partial charge in [-0.1, -0.05) is 0 Å². The fraction of sp³-hybridized carbons (Fsp3) is 0.714. The number of carbonyl (C=O) groups excluding carboxylic acids is 1. The molecule has 0 unspecified atom stereocenters. The Balaban J connectivity index is 3.20. The zero-order chi connectivity index (χ0) is 7.98. The number of Topliss-reactive ketones (excluding diaryl/α,β-unsaturated/α-hetero) is 1. The minimum atomic E-state index is 0.0721. The van der Waals surface area contributed by atoms with Gasteiger partial charge in [-0.15, -0.1) is 11.6 Å². The third kappa shape index (κ3) is 5.76. The van der Waals surface area contributed by atoms with Gasteiger partial charge in [0.1, 0.15) is 5.78 Å². The van der Waals surface area contributed by atoms with Crippen LogP contribution in [0.15, 0.2) is 0 Å². The number of ketones is 1. The lowest BCUT2D eigenvalue weighted by Gasteiger charge is -1.95. The van der Waals surface area contributed by atoms with E-state index in [0.717, 1.165) is 6.42 Å². The number of rotatable bonds is 5. The summed E-state index contributed by atoms with van der Waals surface area (Å²) in [5.74, 6) is 0.180. The molecule has 3 heteroatoms. The molecule has 58 valence electrons. The summed E-state index contributed by atoms with van der Waals surface area (Å²) in [6, 6.07) is 0. The third-order valence-corrected chi connectivity index (χ3v) is 1.45. The second-order valence-corrected chi connectivity index (χ2v) is 2.57. The zero-order valence-corrected chi connectivity index (χ0v) is 6.87. The maximum Gasteiger partial charge on any atom is 0.147 e. The molecule has 2 nitrogen and oxygen atoms in total. The van der Waals surface area contributed by atoms with Crippen LogP contribution in [-0.4, -0.2) is 17.4 Å². The van der Waals surface area contributed by atoms with E-state index in [1.54, 1.807) is 6.92 Å². The monoisotopic (exact) mass is 161 g/mol. The highest BCUT2D eigenvalue weighted by molar-refractivity contribution is 6.27. The Morgan fingerprint density at radius 2 is 2.10 bits per heavy atom. The number of alkyl halides is 1. The predicted molar refractivity (Wildman–Crippen MR) is 43.0 cm³/mol. The van der Waals surface area contributed by atoms with Crippen molar-refractivity contribution in [2.75, 3.05) is 5.88 Å². The summed E-state index contributed by atoms with van der Waals surface area (Å²) in [6.07, 6.45) is 1.99. The van der Waals surface area contributed by atoms with Crippen molar-refractivity contribution in [3.63, 3.8) is 0 Å². The Kier molecular flexibility index (Phi) is 5.22. The van der Waals surface area contributed by atoms with Gasteiger partial charge in [-0.2, -0.15) is 0 Å². The molecule has 0 aromatic carbocycles. The van der Waals surface area contributed by atoms with E-state index in [1.807, 2.05) is 0 Å². The summed E-state index contributed by atoms with van der Waals surface area (Å²) in [6.45, 7) is 1.74. The second kappa shape index (κ2) is 5.42. The van der Waals surface area contributed by atoms with Crippen LogP contribution >= 0.6 is 11.6 Å². The fourth-order valence-electron chi connectivity index (χ4n) is 0.618. The van der Waals surface area contributed by atoms with Crippen molar-refractivity contribution in [3.8, 4) is 0 Å². The summed E-state index contributed by atoms with van der Waals surface area (Å²) < 4.78 is 0. The number of hydrogen-bond donors (Lipinski definition) is 1. The van der Waals surface area contributed by atoms with Crippen molar-refractivity contribution in [1.29, 1.82) is 5.41 Å². The van der Waals surface area contributed by atoms with E-state index in [2.05, 4.69) is 0 Å². The van der Waals surface area contributed by atoms with E-state index in [9.17, 15) is 4.79 Å². The fourth-order valence-corrected chi connectivity index (χ4v) is 0.751. The molecule has 0 amide bonds. The Morgan fingerprint density at radius 1 is 1.50 bits per heavy atom. The molecule has 1 N–H and O–H groups in total. The van der Waals surface area contributed by atoms with Gasteiger partial charge in [0.25, 0.3) is 0 Å². The smallest absolute Gasteiger partial charge is 0.147 e. The molecule has 0 aliphatic heterocycles. The molecule has 0 atom stereocenters. The van der Waals surface area contributed by atoms with E-state index in [-0.39, 0.29) is 11.7 Å². The van der Waals surface area contributed by atoms with E-state index in [0.29, 0.717) is 18.6 Å². The molecule has 0 heterocycles. The molecule has 0 fully saturated rings. The molecule has 0 rings (SSSR count). The van der Waals surface area contributed by atoms with Crippen LogP contribution in [0.5, 0.6) is 0 Å². The van der Waals surface area contributed by atoms with Crippen molar-refractivity contribution in [2.24, 2.45) is 0 Å². The summed E-state index contributed by atoms with van der Waals surface area (Å²) in [5, 5.41) is 7.05. The third-order valence-electron chi connectivity index (χ3n) is 1.16. The maximum absolute atomic E-state index is 10.6. The molecule has 0 aliphatic rings. The summed E-state index contributed by atoms with van der Waals surface area (Å²) in [5.41, 5.74) is 0.627. The average molecular weight is 162 g/mol. The van der Waals surface area contributed by atoms with Crippen LogP contribution in [-0.2, 0) is 4.79 Å². The molecule has 0 saturated carbocycles. The first-order valence-electron chi connectivity index (χ1n) is 3.28. The molecule has 0 aromatic heterocycles. The van der Waals surface area contributed by atoms with Crippen molar-refractivity contribution < 1.29 is 4.79 Å². The normalized spacial score (nSPS) is 9.40. The maximum atomic E-state index is 10.6. The molecule has 0 bridgehead atoms. The molecule has 0 spiro atoms. The highest BCUT2D eigenvalue weighted by Crippen LogP contribution is 1.98. The summed E-state index contributed by atoms with van der Waals surface area (Å²) in [4.78, 5) is 10.6. The predicted octanol–water partition coefficient (Wildman–Crippen LogP) is 2.00. The van der Waals surface area contributed by atoms with Crippen molar-refractivity contribution in [2.45, 2.75) is 26.2 Å². The first kappa shape index (κ1) is 9.63. The first-order chi connectivity index (χ1) is 4.66. The molecule has 0 saturated heterocycles. The minimum Gasteiger partial charge on any atom is -0.310 e. The van der Waals surface area contributed by atoms with Crippen molar-refractivity contribution in [1.82, 2.24) is 0 Å². The molecule has 10 heavy (non-hydrogen) atoms. The van der Waals surface area contributed by atoms with Crippen LogP contribution in [0.25, 0.3) is 0 Å². The van der Waals surface area contributed by atoms with Gasteiger partial charge in [0.2, 0.25) is 0 Å². The molecule has 0 radical (unpaired) electrons. The lowest BCUT2D eigenvalue weighted by Crippen LogP contribution is -1.99. The van der Waals surface area contributed by atoms with E-state index in [4.69, 9.17) is 17.0 Å². The van der Waals surface area contributed by atoms with Crippen LogP contribution in [0.4, 0.5) is 0 Å². The van der Waals surface area contributed by atoms with Gasteiger partial charge in [-0.3, -0.25) is 4.79 Å². The highest BCUT2D eigenvalue weighted by Gasteiger charge is 1.98. The Labute approximate surface area is 66.1 Å². The van der Waals surface area contributed by atoms with Crippen molar-refractivity contribution in [3.05, 3.63) is 0 Å². The quantitative estimate of drug-likeness (QED) is 0.486. The number of hydrogen-bond acceptors (Lipinski definition) is 2. The molecular weight excluding hydrogens is 150 g/mol. The zero-order valence-electron chi connectivity index (χ0n) is 6.11. The highest BCUT2D eigenvalue weighted by atomic mass is 35.5.